The van der Waals surface area contributed by atoms with E-state index in [4.69, 9.17) is 4.74 Å². The monoisotopic (exact) mass is 528 g/mol. The maximum absolute atomic E-state index is 13.5. The molecule has 0 atom stereocenters. The van der Waals surface area contributed by atoms with Crippen molar-refractivity contribution in [2.24, 2.45) is 13.0 Å². The third kappa shape index (κ3) is 6.05. The Labute approximate surface area is 231 Å². The van der Waals surface area contributed by atoms with Crippen LogP contribution in [-0.2, 0) is 18.9 Å². The van der Waals surface area contributed by atoms with Crippen molar-refractivity contribution < 1.29 is 9.53 Å². The molecule has 0 radical (unpaired) electrons. The van der Waals surface area contributed by atoms with Crippen LogP contribution < -0.4 is 10.1 Å². The summed E-state index contributed by atoms with van der Waals surface area (Å²) in [6.07, 6.45) is 5.58. The number of amides is 1. The Morgan fingerprint density at radius 3 is 2.49 bits per heavy atom. The minimum absolute atomic E-state index is 0.146. The van der Waals surface area contributed by atoms with Gasteiger partial charge in [-0.1, -0.05) is 45.9 Å². The predicted molar refractivity (Wildman–Crippen MR) is 156 cm³/mol. The molecule has 1 N–H and O–H groups in total. The summed E-state index contributed by atoms with van der Waals surface area (Å²) in [5.41, 5.74) is 7.80. The van der Waals surface area contributed by atoms with Crippen LogP contribution in [-0.4, -0.2) is 37.8 Å². The zero-order chi connectivity index (χ0) is 28.5. The van der Waals surface area contributed by atoms with Gasteiger partial charge < -0.3 is 10.1 Å². The first-order chi connectivity index (χ1) is 18.4. The predicted octanol–water partition coefficient (Wildman–Crippen LogP) is 6.43. The number of carbonyl (C=O) groups is 1. The van der Waals surface area contributed by atoms with Crippen LogP contribution in [0.15, 0.2) is 42.7 Å². The van der Waals surface area contributed by atoms with E-state index in [-0.39, 0.29) is 11.3 Å². The van der Waals surface area contributed by atoms with Gasteiger partial charge in [0, 0.05) is 35.1 Å². The van der Waals surface area contributed by atoms with Crippen LogP contribution in [0.4, 0.5) is 5.69 Å². The van der Waals surface area contributed by atoms with Crippen molar-refractivity contribution in [3.05, 3.63) is 70.7 Å². The summed E-state index contributed by atoms with van der Waals surface area (Å²) < 4.78 is 9.39. The van der Waals surface area contributed by atoms with E-state index >= 15 is 0 Å². The van der Waals surface area contributed by atoms with Gasteiger partial charge >= 0.3 is 0 Å². The number of aromatic nitrogens is 5. The van der Waals surface area contributed by atoms with Crippen LogP contribution in [0.25, 0.3) is 16.9 Å². The highest BCUT2D eigenvalue weighted by Gasteiger charge is 2.23. The van der Waals surface area contributed by atoms with Crippen molar-refractivity contribution >= 4 is 11.6 Å². The third-order valence-electron chi connectivity index (χ3n) is 7.15. The minimum atomic E-state index is -0.181. The van der Waals surface area contributed by atoms with Gasteiger partial charge in [0.05, 0.1) is 25.2 Å². The number of rotatable bonds is 8. The fourth-order valence-electron chi connectivity index (χ4n) is 4.64. The van der Waals surface area contributed by atoms with Gasteiger partial charge in [-0.3, -0.25) is 9.48 Å². The van der Waals surface area contributed by atoms with Crippen molar-refractivity contribution in [3.63, 3.8) is 0 Å². The number of benzene rings is 2. The summed E-state index contributed by atoms with van der Waals surface area (Å²) in [5, 5.41) is 16.1. The van der Waals surface area contributed by atoms with E-state index in [0.29, 0.717) is 11.5 Å². The van der Waals surface area contributed by atoms with Crippen molar-refractivity contribution in [3.8, 4) is 22.7 Å². The Morgan fingerprint density at radius 1 is 1.13 bits per heavy atom. The number of nitrogens with one attached hydrogen (secondary N) is 1. The molecule has 0 aliphatic rings. The van der Waals surface area contributed by atoms with Crippen molar-refractivity contribution in [2.45, 2.75) is 66.7 Å². The number of methoxy groups -OCH3 is 1. The zero-order valence-electron chi connectivity index (χ0n) is 24.6. The summed E-state index contributed by atoms with van der Waals surface area (Å²) in [4.78, 5) is 13.5. The van der Waals surface area contributed by atoms with E-state index in [1.54, 1.807) is 18.0 Å². The van der Waals surface area contributed by atoms with E-state index in [2.05, 4.69) is 55.3 Å². The van der Waals surface area contributed by atoms with Crippen LogP contribution in [0.2, 0.25) is 0 Å². The largest absolute Gasteiger partial charge is 0.496 e. The summed E-state index contributed by atoms with van der Waals surface area (Å²) in [6.45, 7) is 14.9. The Kier molecular flexibility index (Phi) is 7.95. The summed E-state index contributed by atoms with van der Waals surface area (Å²) >= 11 is 0. The molecular formula is C31H40N6O2. The van der Waals surface area contributed by atoms with Gasteiger partial charge in [-0.15, -0.1) is 5.10 Å². The van der Waals surface area contributed by atoms with Gasteiger partial charge in [-0.25, -0.2) is 4.68 Å². The second kappa shape index (κ2) is 11.0. The number of anilines is 1. The van der Waals surface area contributed by atoms with Crippen LogP contribution >= 0.6 is 0 Å². The highest BCUT2D eigenvalue weighted by atomic mass is 16.5. The number of carbonyl (C=O) groups excluding carboxylic acids is 1. The molecule has 8 heteroatoms. The molecule has 4 aromatic rings. The first-order valence-corrected chi connectivity index (χ1v) is 13.4. The maximum Gasteiger partial charge on any atom is 0.255 e. The topological polar surface area (TPSA) is 86.9 Å². The van der Waals surface area contributed by atoms with Gasteiger partial charge in [0.1, 0.15) is 11.4 Å². The first kappa shape index (κ1) is 28.1. The van der Waals surface area contributed by atoms with Gasteiger partial charge in [0.15, 0.2) is 0 Å². The summed E-state index contributed by atoms with van der Waals surface area (Å²) in [5.74, 6) is 1.29. The van der Waals surface area contributed by atoms with Crippen LogP contribution in [0, 0.1) is 19.8 Å². The van der Waals surface area contributed by atoms with Crippen LogP contribution in [0.3, 0.4) is 0 Å². The van der Waals surface area contributed by atoms with Crippen LogP contribution in [0.1, 0.15) is 73.8 Å². The fraction of sp³-hybridized carbons (Fsp3) is 0.419. The molecule has 4 rings (SSSR count). The summed E-state index contributed by atoms with van der Waals surface area (Å²) in [7, 11) is 3.62. The summed E-state index contributed by atoms with van der Waals surface area (Å²) in [6, 6.07) is 9.70. The number of aryl methyl sites for hydroxylation is 3. The minimum Gasteiger partial charge on any atom is -0.496 e. The van der Waals surface area contributed by atoms with E-state index < -0.39 is 0 Å². The molecule has 2 heterocycles. The quantitative estimate of drug-likeness (QED) is 0.285. The van der Waals surface area contributed by atoms with Gasteiger partial charge in [-0.2, -0.15) is 5.10 Å². The SMILES string of the molecule is COc1c(CCC(C)C)cc(NC(=O)c2ccc(C)c(-n3cc(-c4cnn(C)c4C)nn3)c2)cc1C(C)(C)C. The van der Waals surface area contributed by atoms with Crippen molar-refractivity contribution in [2.75, 3.05) is 12.4 Å². The first-order valence-electron chi connectivity index (χ1n) is 13.4. The van der Waals surface area contributed by atoms with Crippen molar-refractivity contribution in [1.82, 2.24) is 24.8 Å². The molecule has 0 saturated carbocycles. The molecule has 0 fully saturated rings. The fourth-order valence-corrected chi connectivity index (χ4v) is 4.64. The average Bonchev–Trinajstić information content (AvgIpc) is 3.48. The third-order valence-corrected chi connectivity index (χ3v) is 7.15. The second-order valence-electron chi connectivity index (χ2n) is 11.7. The number of hydrogen-bond donors (Lipinski definition) is 1. The smallest absolute Gasteiger partial charge is 0.255 e. The molecule has 0 aliphatic heterocycles. The number of hydrogen-bond acceptors (Lipinski definition) is 5. The molecular weight excluding hydrogens is 488 g/mol. The molecule has 2 aromatic heterocycles. The van der Waals surface area contributed by atoms with Gasteiger partial charge in [0.25, 0.3) is 5.91 Å². The Morgan fingerprint density at radius 2 is 1.87 bits per heavy atom. The van der Waals surface area contributed by atoms with Gasteiger partial charge in [0.2, 0.25) is 0 Å². The zero-order valence-corrected chi connectivity index (χ0v) is 24.6. The highest BCUT2D eigenvalue weighted by molar-refractivity contribution is 6.04. The molecule has 206 valence electrons. The Hall–Kier alpha value is -3.94. The van der Waals surface area contributed by atoms with E-state index in [1.807, 2.05) is 62.1 Å². The lowest BCUT2D eigenvalue weighted by Crippen LogP contribution is -2.17. The van der Waals surface area contributed by atoms with E-state index in [0.717, 1.165) is 63.6 Å². The Balaban J connectivity index is 1.65. The van der Waals surface area contributed by atoms with E-state index in [1.165, 1.54) is 0 Å². The lowest BCUT2D eigenvalue weighted by Gasteiger charge is -2.25. The van der Waals surface area contributed by atoms with Crippen LogP contribution in [0.5, 0.6) is 5.75 Å². The molecule has 0 unspecified atom stereocenters. The second-order valence-corrected chi connectivity index (χ2v) is 11.7. The molecule has 2 aromatic carbocycles. The average molecular weight is 529 g/mol. The standard InChI is InChI=1S/C31H40N6O2/c1-19(2)10-12-22-14-24(16-26(29(22)39-9)31(5,6)7)33-30(38)23-13-11-20(3)28(15-23)37-18-27(34-35-37)25-17-32-36(8)21(25)4/h11,13-19H,10,12H2,1-9H3,(H,33,38). The lowest BCUT2D eigenvalue weighted by atomic mass is 9.84. The van der Waals surface area contributed by atoms with Gasteiger partial charge in [-0.05, 0) is 73.4 Å². The van der Waals surface area contributed by atoms with E-state index in [9.17, 15) is 4.79 Å². The molecule has 0 spiro atoms. The maximum atomic E-state index is 13.5. The molecule has 0 saturated heterocycles. The molecule has 0 bridgehead atoms. The number of ether oxygens (including phenoxy) is 1. The number of nitrogens with zero attached hydrogens (tertiary/aromatic N) is 5. The molecule has 8 nitrogen and oxygen atoms in total. The Bertz CT molecular complexity index is 1490. The molecule has 39 heavy (non-hydrogen) atoms. The van der Waals surface area contributed by atoms with Crippen molar-refractivity contribution in [1.29, 1.82) is 0 Å². The molecule has 1 amide bonds. The highest BCUT2D eigenvalue weighted by Crippen LogP contribution is 2.38. The lowest BCUT2D eigenvalue weighted by molar-refractivity contribution is 0.102. The molecule has 0 aliphatic carbocycles. The normalized spacial score (nSPS) is 11.7.